The van der Waals surface area contributed by atoms with Crippen molar-refractivity contribution in [2.75, 3.05) is 24.5 Å². The van der Waals surface area contributed by atoms with Crippen LogP contribution in [0.2, 0.25) is 0 Å². The van der Waals surface area contributed by atoms with Gasteiger partial charge in [-0.3, -0.25) is 0 Å². The molecule has 0 radical (unpaired) electrons. The highest BCUT2D eigenvalue weighted by Crippen LogP contribution is 2.37. The number of hydrogen-bond donors (Lipinski definition) is 1. The van der Waals surface area contributed by atoms with Crippen LogP contribution in [-0.4, -0.2) is 46.4 Å². The average Bonchev–Trinajstić information content (AvgIpc) is 3.34. The summed E-state index contributed by atoms with van der Waals surface area (Å²) < 4.78 is 37.1. The van der Waals surface area contributed by atoms with E-state index in [0.29, 0.717) is 42.7 Å². The summed E-state index contributed by atoms with van der Waals surface area (Å²) in [6, 6.07) is 6.33. The van der Waals surface area contributed by atoms with Gasteiger partial charge in [-0.25, -0.2) is 9.78 Å². The largest absolute Gasteiger partial charge is 0.655 e. The predicted molar refractivity (Wildman–Crippen MR) is 126 cm³/mol. The molecule has 182 valence electrons. The summed E-state index contributed by atoms with van der Waals surface area (Å²) in [7, 11) is 0. The van der Waals surface area contributed by atoms with E-state index in [1.54, 1.807) is 0 Å². The third-order valence-corrected chi connectivity index (χ3v) is 6.29. The molecule has 1 N–H and O–H groups in total. The Morgan fingerprint density at radius 2 is 2.00 bits per heavy atom. The molecule has 6 nitrogen and oxygen atoms in total. The van der Waals surface area contributed by atoms with E-state index in [1.165, 1.54) is 5.56 Å². The summed E-state index contributed by atoms with van der Waals surface area (Å²) in [6.07, 6.45) is -1.37. The van der Waals surface area contributed by atoms with Gasteiger partial charge in [0.05, 0.1) is 11.4 Å². The molecular weight excluding hydrogens is 501 g/mol. The molecule has 1 aromatic heterocycles. The van der Waals surface area contributed by atoms with Crippen molar-refractivity contribution < 1.29 is 23.1 Å². The Hall–Kier alpha value is -2.07. The summed E-state index contributed by atoms with van der Waals surface area (Å²) in [5.41, 5.74) is 3.26. The normalized spacial score (nSPS) is 15.5. The fraction of sp³-hybridized carbons (Fsp3) is 0.565. The number of carbonyl (C=O) groups is 1. The van der Waals surface area contributed by atoms with Crippen LogP contribution in [0.4, 0.5) is 24.8 Å². The number of rotatable bonds is 7. The van der Waals surface area contributed by atoms with Gasteiger partial charge in [-0.2, -0.15) is 13.2 Å². The Bertz CT molecular complexity index is 987. The first-order chi connectivity index (χ1) is 15.5. The molecule has 4 rings (SSSR count). The number of aryl methyl sites for hydroxylation is 1. The molecule has 1 aliphatic heterocycles. The van der Waals surface area contributed by atoms with Crippen molar-refractivity contribution in [3.8, 4) is 0 Å². The lowest BCUT2D eigenvalue weighted by atomic mass is 10.0. The second-order valence-electron chi connectivity index (χ2n) is 8.66. The van der Waals surface area contributed by atoms with Crippen LogP contribution in [0, 0.1) is 5.92 Å². The Morgan fingerprint density at radius 1 is 1.30 bits per heavy atom. The van der Waals surface area contributed by atoms with Crippen molar-refractivity contribution in [1.29, 1.82) is 0 Å². The fourth-order valence-electron chi connectivity index (χ4n) is 3.70. The number of fused-ring (bicyclic) bond motifs is 1. The predicted octanol–water partition coefficient (Wildman–Crippen LogP) is 6.51. The highest BCUT2D eigenvalue weighted by atomic mass is 79.9. The first kappa shape index (κ1) is 25.6. The lowest BCUT2D eigenvalue weighted by Gasteiger charge is -2.19. The van der Waals surface area contributed by atoms with Gasteiger partial charge < -0.3 is 19.9 Å². The minimum Gasteiger partial charge on any atom is -0.655 e. The van der Waals surface area contributed by atoms with Crippen LogP contribution in [0.3, 0.4) is 0 Å². The second-order valence-corrected chi connectivity index (χ2v) is 9.51. The summed E-state index contributed by atoms with van der Waals surface area (Å²) in [6.45, 7) is 7.06. The number of alkyl halides is 3. The molecule has 0 unspecified atom stereocenters. The molecule has 1 aromatic carbocycles. The zero-order valence-electron chi connectivity index (χ0n) is 19.0. The zero-order chi connectivity index (χ0) is 24.3. The monoisotopic (exact) mass is 529 g/mol. The number of carboxylic acid groups (broad SMARTS) is 1. The first-order valence-electron chi connectivity index (χ1n) is 11.1. The third kappa shape index (κ3) is 6.50. The maximum absolute atomic E-state index is 11.5. The van der Waals surface area contributed by atoms with E-state index in [9.17, 15) is 23.1 Å². The number of imidazole rings is 1. The third-order valence-electron chi connectivity index (χ3n) is 5.65. The van der Waals surface area contributed by atoms with Gasteiger partial charge in [-0.05, 0) is 46.0 Å². The number of hydrogen-bond acceptors (Lipinski definition) is 3. The maximum atomic E-state index is 11.5. The van der Waals surface area contributed by atoms with Gasteiger partial charge >= 0.3 is 12.1 Å². The second kappa shape index (κ2) is 10.5. The molecule has 10 heteroatoms. The van der Waals surface area contributed by atoms with Crippen LogP contribution < -0.4 is 4.90 Å². The van der Waals surface area contributed by atoms with Crippen LogP contribution in [0.25, 0.3) is 5.32 Å². The molecule has 0 amide bonds. The zero-order valence-corrected chi connectivity index (χ0v) is 20.6. The SMILES string of the molecule is CCc1nc2n(c1C(=O)O)CCN2c1ccc(C(C)C)cc1Br.FC(F)(F)C[N-]CC1CC1. The van der Waals surface area contributed by atoms with E-state index >= 15 is 0 Å². The lowest BCUT2D eigenvalue weighted by molar-refractivity contribution is -0.113. The molecule has 33 heavy (non-hydrogen) atoms. The van der Waals surface area contributed by atoms with Crippen molar-refractivity contribution in [2.24, 2.45) is 5.92 Å². The van der Waals surface area contributed by atoms with Crippen LogP contribution in [0.5, 0.6) is 0 Å². The number of aromatic nitrogens is 2. The Morgan fingerprint density at radius 3 is 2.52 bits per heavy atom. The standard InChI is InChI=1S/C17H20BrN3O2.C6H9F3N/c1-4-13-15(16(22)23)21-8-7-20(17(21)19-13)14-6-5-11(10(2)3)9-12(14)18;7-6(8,9)4-10-3-5-1-2-5/h5-6,9-10H,4,7-8H2,1-3H3,(H,22,23);5H,1-4H2/q;-1. The van der Waals surface area contributed by atoms with E-state index in [2.05, 4.69) is 63.2 Å². The van der Waals surface area contributed by atoms with Gasteiger partial charge in [0.15, 0.2) is 5.69 Å². The number of benzene rings is 1. The molecule has 2 aromatic rings. The Labute approximate surface area is 200 Å². The van der Waals surface area contributed by atoms with Crippen LogP contribution in [0.15, 0.2) is 22.7 Å². The summed E-state index contributed by atoms with van der Waals surface area (Å²) in [5.74, 6) is 0.738. The summed E-state index contributed by atoms with van der Waals surface area (Å²) in [5, 5.41) is 12.8. The van der Waals surface area contributed by atoms with Gasteiger partial charge in [0.1, 0.15) is 0 Å². The van der Waals surface area contributed by atoms with Gasteiger partial charge in [0.25, 0.3) is 0 Å². The van der Waals surface area contributed by atoms with Crippen LogP contribution in [0.1, 0.15) is 61.3 Å². The van der Waals surface area contributed by atoms with Crippen molar-refractivity contribution in [3.63, 3.8) is 0 Å². The number of anilines is 2. The molecule has 0 bridgehead atoms. The number of carboxylic acids is 1. The fourth-order valence-corrected chi connectivity index (χ4v) is 4.31. The number of halogens is 4. The van der Waals surface area contributed by atoms with E-state index in [0.717, 1.165) is 35.5 Å². The lowest BCUT2D eigenvalue weighted by Crippen LogP contribution is -2.15. The minimum absolute atomic E-state index is 0.319. The summed E-state index contributed by atoms with van der Waals surface area (Å²) in [4.78, 5) is 18.2. The van der Waals surface area contributed by atoms with E-state index in [-0.39, 0.29) is 0 Å². The Balaban J connectivity index is 0.000000257. The van der Waals surface area contributed by atoms with E-state index in [1.807, 2.05) is 11.5 Å². The van der Waals surface area contributed by atoms with Gasteiger partial charge in [-0.15, -0.1) is 6.54 Å². The molecule has 2 aliphatic rings. The molecule has 1 fully saturated rings. The topological polar surface area (TPSA) is 72.5 Å². The quantitative estimate of drug-likeness (QED) is 0.443. The first-order valence-corrected chi connectivity index (χ1v) is 11.9. The molecular formula is C23H29BrF3N4O2-. The smallest absolute Gasteiger partial charge is 0.371 e. The van der Waals surface area contributed by atoms with Crippen molar-refractivity contribution in [2.45, 2.75) is 58.7 Å². The van der Waals surface area contributed by atoms with Gasteiger partial charge in [0.2, 0.25) is 5.95 Å². The van der Waals surface area contributed by atoms with Gasteiger partial charge in [0, 0.05) is 17.6 Å². The van der Waals surface area contributed by atoms with Crippen LogP contribution >= 0.6 is 15.9 Å². The van der Waals surface area contributed by atoms with Crippen molar-refractivity contribution >= 4 is 33.5 Å². The molecule has 1 aliphatic carbocycles. The van der Waals surface area contributed by atoms with E-state index in [4.69, 9.17) is 0 Å². The maximum Gasteiger partial charge on any atom is 0.371 e. The number of aromatic carboxylic acids is 1. The molecule has 2 heterocycles. The minimum atomic E-state index is -4.10. The van der Waals surface area contributed by atoms with Gasteiger partial charge in [-0.1, -0.05) is 52.1 Å². The summed E-state index contributed by atoms with van der Waals surface area (Å²) >= 11 is 3.65. The number of nitrogens with zero attached hydrogens (tertiary/aromatic N) is 4. The van der Waals surface area contributed by atoms with E-state index < -0.39 is 18.7 Å². The highest BCUT2D eigenvalue weighted by molar-refractivity contribution is 9.10. The average molecular weight is 530 g/mol. The molecule has 0 saturated heterocycles. The van der Waals surface area contributed by atoms with Crippen LogP contribution in [-0.2, 0) is 13.0 Å². The molecule has 0 atom stereocenters. The van der Waals surface area contributed by atoms with Crippen molar-refractivity contribution in [1.82, 2.24) is 9.55 Å². The highest BCUT2D eigenvalue weighted by Gasteiger charge is 2.31. The Kier molecular flexibility index (Phi) is 8.10. The van der Waals surface area contributed by atoms with Crippen molar-refractivity contribution in [3.05, 3.63) is 44.9 Å². The molecule has 1 saturated carbocycles. The molecule has 0 spiro atoms.